The van der Waals surface area contributed by atoms with Crippen molar-refractivity contribution in [2.45, 2.75) is 51.9 Å². The number of hydrogen-bond acceptors (Lipinski definition) is 8. The third-order valence-corrected chi connectivity index (χ3v) is 5.43. The Balaban J connectivity index is 1.91. The van der Waals surface area contributed by atoms with E-state index < -0.39 is 41.6 Å². The lowest BCUT2D eigenvalue weighted by molar-refractivity contribution is -0.153. The van der Waals surface area contributed by atoms with E-state index in [1.54, 1.807) is 19.9 Å². The first-order chi connectivity index (χ1) is 14.0. The summed E-state index contributed by atoms with van der Waals surface area (Å²) in [6.45, 7) is 9.90. The maximum Gasteiger partial charge on any atom is 0.334 e. The molecule has 0 saturated carbocycles. The Labute approximate surface area is 174 Å². The molecule has 1 fully saturated rings. The Morgan fingerprint density at radius 3 is 2.70 bits per heavy atom. The van der Waals surface area contributed by atoms with Gasteiger partial charge in [-0.1, -0.05) is 6.58 Å². The number of carbonyl (C=O) groups excluding carboxylic acids is 4. The van der Waals surface area contributed by atoms with E-state index in [1.165, 1.54) is 26.0 Å². The van der Waals surface area contributed by atoms with Gasteiger partial charge in [0.2, 0.25) is 5.78 Å². The van der Waals surface area contributed by atoms with Gasteiger partial charge in [0.05, 0.1) is 5.92 Å². The zero-order chi connectivity index (χ0) is 22.2. The third kappa shape index (κ3) is 4.08. The predicted octanol–water partition coefficient (Wildman–Crippen LogP) is 2.10. The summed E-state index contributed by atoms with van der Waals surface area (Å²) in [4.78, 5) is 48.3. The van der Waals surface area contributed by atoms with E-state index in [9.17, 15) is 19.2 Å². The van der Waals surface area contributed by atoms with Crippen molar-refractivity contribution in [2.24, 2.45) is 5.92 Å². The van der Waals surface area contributed by atoms with Crippen molar-refractivity contribution < 1.29 is 38.1 Å². The first-order valence-electron chi connectivity index (χ1n) is 9.56. The van der Waals surface area contributed by atoms with Gasteiger partial charge in [0, 0.05) is 30.6 Å². The summed E-state index contributed by atoms with van der Waals surface area (Å²) in [6.07, 6.45) is 2.93. The molecule has 8 heteroatoms. The summed E-state index contributed by atoms with van der Waals surface area (Å²) < 4.78 is 21.8. The minimum absolute atomic E-state index is 0.0206. The van der Waals surface area contributed by atoms with Gasteiger partial charge in [0.25, 0.3) is 0 Å². The number of hydrogen-bond donors (Lipinski definition) is 0. The predicted molar refractivity (Wildman–Crippen MR) is 104 cm³/mol. The van der Waals surface area contributed by atoms with Gasteiger partial charge in [0.15, 0.2) is 5.60 Å². The second-order valence-electron chi connectivity index (χ2n) is 7.81. The van der Waals surface area contributed by atoms with Crippen LogP contribution in [0.5, 0.6) is 0 Å². The number of rotatable bonds is 4. The highest BCUT2D eigenvalue weighted by atomic mass is 16.6. The second kappa shape index (κ2) is 7.93. The summed E-state index contributed by atoms with van der Waals surface area (Å²) in [6, 6.07) is 0. The molecule has 2 bridgehead atoms. The highest BCUT2D eigenvalue weighted by molar-refractivity contribution is 6.00. The summed E-state index contributed by atoms with van der Waals surface area (Å²) in [7, 11) is 0. The molecule has 4 atom stereocenters. The first-order valence-corrected chi connectivity index (χ1v) is 9.56. The standard InChI is InChI=1S/C22H24O8/c1-11(6-7-27-14(4)23)20(25)29-17-10-22(5)18(24)9-15(30-22)12(2)8-16-19(17)13(3)21(26)28-16/h6,8-9,16-17,19H,3,7,10H2,1-2,4-5H3/b11-6+,12-8+/t16-,17+,19-,22-/m1/s1. The molecule has 0 unspecified atom stereocenters. The highest BCUT2D eigenvalue weighted by Gasteiger charge is 2.51. The molecule has 0 amide bonds. The molecular formula is C22H24O8. The van der Waals surface area contributed by atoms with Gasteiger partial charge in [0.1, 0.15) is 24.6 Å². The van der Waals surface area contributed by atoms with Gasteiger partial charge in [-0.05, 0) is 38.5 Å². The average molecular weight is 416 g/mol. The van der Waals surface area contributed by atoms with Crippen molar-refractivity contribution in [3.05, 3.63) is 47.3 Å². The van der Waals surface area contributed by atoms with Gasteiger partial charge in [-0.15, -0.1) is 0 Å². The normalized spacial score (nSPS) is 32.5. The van der Waals surface area contributed by atoms with Gasteiger partial charge in [-0.25, -0.2) is 9.59 Å². The molecule has 0 aromatic carbocycles. The molecule has 0 aromatic heterocycles. The summed E-state index contributed by atoms with van der Waals surface area (Å²) in [5.41, 5.74) is -0.205. The average Bonchev–Trinajstić information content (AvgIpc) is 3.10. The van der Waals surface area contributed by atoms with Crippen molar-refractivity contribution in [1.82, 2.24) is 0 Å². The number of ether oxygens (including phenoxy) is 4. The van der Waals surface area contributed by atoms with Crippen molar-refractivity contribution >= 4 is 23.7 Å². The van der Waals surface area contributed by atoms with Crippen LogP contribution < -0.4 is 0 Å². The Bertz CT molecular complexity index is 921. The molecule has 3 rings (SSSR count). The van der Waals surface area contributed by atoms with E-state index in [4.69, 9.17) is 18.9 Å². The fourth-order valence-electron chi connectivity index (χ4n) is 3.66. The van der Waals surface area contributed by atoms with E-state index in [0.29, 0.717) is 11.3 Å². The molecule has 30 heavy (non-hydrogen) atoms. The van der Waals surface area contributed by atoms with Crippen molar-refractivity contribution in [3.63, 3.8) is 0 Å². The van der Waals surface area contributed by atoms with Crippen LogP contribution in [-0.2, 0) is 38.1 Å². The SMILES string of the molecule is C=C1C(=O)O[C@@H]2/C=C(\C)C3=CC(=O)[C@@](C)(C[C@H](OC(=O)/C(C)=C/COC(C)=O)[C@H]12)O3. The Morgan fingerprint density at radius 2 is 2.03 bits per heavy atom. The molecule has 3 aliphatic rings. The number of fused-ring (bicyclic) bond motifs is 3. The molecule has 0 aliphatic carbocycles. The van der Waals surface area contributed by atoms with E-state index >= 15 is 0 Å². The van der Waals surface area contributed by atoms with Crippen LogP contribution in [0.4, 0.5) is 0 Å². The lowest BCUT2D eigenvalue weighted by atomic mass is 9.82. The van der Waals surface area contributed by atoms with E-state index in [2.05, 4.69) is 6.58 Å². The van der Waals surface area contributed by atoms with Crippen LogP contribution >= 0.6 is 0 Å². The maximum atomic E-state index is 12.7. The maximum absolute atomic E-state index is 12.7. The summed E-state index contributed by atoms with van der Waals surface area (Å²) in [5, 5.41) is 0. The van der Waals surface area contributed by atoms with Crippen molar-refractivity contribution in [3.8, 4) is 0 Å². The molecule has 1 saturated heterocycles. The fourth-order valence-corrected chi connectivity index (χ4v) is 3.66. The van der Waals surface area contributed by atoms with Gasteiger partial charge < -0.3 is 18.9 Å². The lowest BCUT2D eigenvalue weighted by Crippen LogP contribution is -2.42. The van der Waals surface area contributed by atoms with Crippen molar-refractivity contribution in [2.75, 3.05) is 6.61 Å². The topological polar surface area (TPSA) is 105 Å². The van der Waals surface area contributed by atoms with Crippen LogP contribution in [0.2, 0.25) is 0 Å². The zero-order valence-corrected chi connectivity index (χ0v) is 17.4. The molecular weight excluding hydrogens is 392 g/mol. The largest absolute Gasteiger partial charge is 0.479 e. The Kier molecular flexibility index (Phi) is 5.70. The smallest absolute Gasteiger partial charge is 0.334 e. The van der Waals surface area contributed by atoms with Crippen LogP contribution in [-0.4, -0.2) is 48.1 Å². The molecule has 160 valence electrons. The Morgan fingerprint density at radius 1 is 1.33 bits per heavy atom. The molecule has 3 aliphatic heterocycles. The minimum atomic E-state index is -1.24. The third-order valence-electron chi connectivity index (χ3n) is 5.43. The molecule has 8 nitrogen and oxygen atoms in total. The Hall–Kier alpha value is -3.16. The second-order valence-corrected chi connectivity index (χ2v) is 7.81. The van der Waals surface area contributed by atoms with Crippen LogP contribution in [0.1, 0.15) is 34.1 Å². The van der Waals surface area contributed by atoms with Crippen LogP contribution in [0.25, 0.3) is 0 Å². The number of esters is 3. The zero-order valence-electron chi connectivity index (χ0n) is 17.4. The first kappa shape index (κ1) is 21.5. The quantitative estimate of drug-likeness (QED) is 0.390. The van der Waals surface area contributed by atoms with E-state index in [-0.39, 0.29) is 30.0 Å². The molecule has 3 heterocycles. The van der Waals surface area contributed by atoms with Crippen LogP contribution in [0.3, 0.4) is 0 Å². The highest BCUT2D eigenvalue weighted by Crippen LogP contribution is 2.42. The summed E-state index contributed by atoms with van der Waals surface area (Å²) >= 11 is 0. The number of ketones is 1. The van der Waals surface area contributed by atoms with Crippen LogP contribution in [0, 0.1) is 5.92 Å². The van der Waals surface area contributed by atoms with E-state index in [1.807, 2.05) is 0 Å². The van der Waals surface area contributed by atoms with Gasteiger partial charge in [-0.3, -0.25) is 9.59 Å². The van der Waals surface area contributed by atoms with Crippen molar-refractivity contribution in [1.29, 1.82) is 0 Å². The molecule has 0 aromatic rings. The fraction of sp³-hybridized carbons (Fsp3) is 0.455. The number of carbonyl (C=O) groups is 4. The van der Waals surface area contributed by atoms with Gasteiger partial charge in [-0.2, -0.15) is 0 Å². The van der Waals surface area contributed by atoms with Crippen LogP contribution in [0.15, 0.2) is 47.3 Å². The molecule has 0 radical (unpaired) electrons. The van der Waals surface area contributed by atoms with E-state index in [0.717, 1.165) is 0 Å². The monoisotopic (exact) mass is 416 g/mol. The lowest BCUT2D eigenvalue weighted by Gasteiger charge is -2.31. The summed E-state index contributed by atoms with van der Waals surface area (Å²) in [5.74, 6) is -2.22. The minimum Gasteiger partial charge on any atom is -0.479 e. The molecule has 0 N–H and O–H groups in total. The molecule has 0 spiro atoms. The van der Waals surface area contributed by atoms with Gasteiger partial charge >= 0.3 is 17.9 Å². The number of allylic oxidation sites excluding steroid dienone is 1.